The second-order valence-electron chi connectivity index (χ2n) is 6.66. The van der Waals surface area contributed by atoms with Crippen molar-refractivity contribution in [2.75, 3.05) is 25.5 Å². The predicted octanol–water partition coefficient (Wildman–Crippen LogP) is 3.32. The first-order valence-electron chi connectivity index (χ1n) is 7.35. The van der Waals surface area contributed by atoms with E-state index in [0.29, 0.717) is 11.2 Å². The molecule has 0 bridgehead atoms. The van der Waals surface area contributed by atoms with Crippen molar-refractivity contribution in [1.82, 2.24) is 14.9 Å². The van der Waals surface area contributed by atoms with Gasteiger partial charge in [0.1, 0.15) is 16.8 Å². The number of likely N-dealkylation sites (N-methyl/N-ethyl adjacent to an activating group) is 1. The number of hydrogen-bond acceptors (Lipinski definition) is 4. The summed E-state index contributed by atoms with van der Waals surface area (Å²) in [6, 6.07) is 2.38. The first kappa shape index (κ1) is 15.5. The van der Waals surface area contributed by atoms with Gasteiger partial charge in [-0.2, -0.15) is 0 Å². The summed E-state index contributed by atoms with van der Waals surface area (Å²) in [5.41, 5.74) is -0.0943. The number of halogens is 1. The van der Waals surface area contributed by atoms with Crippen LogP contribution in [0.3, 0.4) is 0 Å². The minimum absolute atomic E-state index is 0.0943. The topological polar surface area (TPSA) is 41.0 Å². The van der Waals surface area contributed by atoms with Crippen LogP contribution in [0.25, 0.3) is 0 Å². The van der Waals surface area contributed by atoms with Gasteiger partial charge in [-0.1, -0.05) is 38.8 Å². The fraction of sp³-hybridized carbons (Fsp3) is 0.733. The van der Waals surface area contributed by atoms with Gasteiger partial charge in [0.15, 0.2) is 0 Å². The fourth-order valence-electron chi connectivity index (χ4n) is 2.47. The van der Waals surface area contributed by atoms with E-state index in [1.165, 1.54) is 25.8 Å². The maximum Gasteiger partial charge on any atom is 0.137 e. The van der Waals surface area contributed by atoms with Crippen molar-refractivity contribution in [1.29, 1.82) is 0 Å². The lowest BCUT2D eigenvalue weighted by molar-refractivity contribution is 0.194. The second-order valence-corrected chi connectivity index (χ2v) is 7.05. The molecular weight excluding hydrogens is 272 g/mol. The van der Waals surface area contributed by atoms with Crippen LogP contribution in [-0.2, 0) is 5.41 Å². The van der Waals surface area contributed by atoms with Crippen molar-refractivity contribution in [3.63, 3.8) is 0 Å². The summed E-state index contributed by atoms with van der Waals surface area (Å²) in [5.74, 6) is 1.61. The van der Waals surface area contributed by atoms with E-state index in [9.17, 15) is 0 Å². The van der Waals surface area contributed by atoms with Gasteiger partial charge in [0, 0.05) is 24.1 Å². The predicted molar refractivity (Wildman–Crippen MR) is 84.5 cm³/mol. The molecule has 5 heteroatoms. The van der Waals surface area contributed by atoms with Gasteiger partial charge >= 0.3 is 0 Å². The molecule has 0 aliphatic carbocycles. The van der Waals surface area contributed by atoms with Crippen LogP contribution in [0.5, 0.6) is 0 Å². The number of aromatic nitrogens is 2. The SMILES string of the molecule is CN1CCCCC1CNc1cc(Cl)nc(C(C)(C)C)n1. The van der Waals surface area contributed by atoms with Crippen LogP contribution < -0.4 is 5.32 Å². The summed E-state index contributed by atoms with van der Waals surface area (Å²) in [5, 5.41) is 3.92. The third kappa shape index (κ3) is 4.06. The van der Waals surface area contributed by atoms with Crippen molar-refractivity contribution >= 4 is 17.4 Å². The van der Waals surface area contributed by atoms with E-state index in [-0.39, 0.29) is 5.41 Å². The number of nitrogens with one attached hydrogen (secondary N) is 1. The zero-order chi connectivity index (χ0) is 14.8. The lowest BCUT2D eigenvalue weighted by Crippen LogP contribution is -2.40. The van der Waals surface area contributed by atoms with Crippen molar-refractivity contribution in [2.45, 2.75) is 51.5 Å². The Balaban J connectivity index is 2.04. The first-order valence-corrected chi connectivity index (χ1v) is 7.73. The molecule has 4 nitrogen and oxygen atoms in total. The van der Waals surface area contributed by atoms with E-state index in [1.54, 1.807) is 6.07 Å². The summed E-state index contributed by atoms with van der Waals surface area (Å²) >= 11 is 6.10. The molecule has 1 fully saturated rings. The van der Waals surface area contributed by atoms with Crippen LogP contribution in [0, 0.1) is 0 Å². The molecule has 1 aromatic heterocycles. The van der Waals surface area contributed by atoms with Gasteiger partial charge in [0.05, 0.1) is 0 Å². The van der Waals surface area contributed by atoms with Crippen molar-refractivity contribution in [3.8, 4) is 0 Å². The van der Waals surface area contributed by atoms with Crippen LogP contribution in [-0.4, -0.2) is 41.0 Å². The van der Waals surface area contributed by atoms with Gasteiger partial charge < -0.3 is 10.2 Å². The Morgan fingerprint density at radius 1 is 1.35 bits per heavy atom. The lowest BCUT2D eigenvalue weighted by atomic mass is 9.96. The summed E-state index contributed by atoms with van der Waals surface area (Å²) in [7, 11) is 2.19. The maximum absolute atomic E-state index is 6.10. The van der Waals surface area contributed by atoms with Gasteiger partial charge in [-0.3, -0.25) is 0 Å². The average Bonchev–Trinajstić information content (AvgIpc) is 2.36. The van der Waals surface area contributed by atoms with Crippen LogP contribution in [0.2, 0.25) is 5.15 Å². The fourth-order valence-corrected chi connectivity index (χ4v) is 2.65. The largest absolute Gasteiger partial charge is 0.368 e. The third-order valence-electron chi connectivity index (χ3n) is 3.81. The van der Waals surface area contributed by atoms with Crippen LogP contribution >= 0.6 is 11.6 Å². The summed E-state index contributed by atoms with van der Waals surface area (Å²) in [6.45, 7) is 8.38. The molecule has 1 saturated heterocycles. The van der Waals surface area contributed by atoms with Crippen LogP contribution in [0.1, 0.15) is 45.9 Å². The molecule has 0 aromatic carbocycles. The molecule has 0 saturated carbocycles. The Kier molecular flexibility index (Phi) is 4.86. The average molecular weight is 297 g/mol. The first-order chi connectivity index (χ1) is 9.36. The summed E-state index contributed by atoms with van der Waals surface area (Å²) in [6.07, 6.45) is 3.86. The van der Waals surface area contributed by atoms with E-state index in [1.807, 2.05) is 0 Å². The Bertz CT molecular complexity index is 456. The summed E-state index contributed by atoms with van der Waals surface area (Å²) < 4.78 is 0. The number of hydrogen-bond donors (Lipinski definition) is 1. The number of nitrogens with zero attached hydrogens (tertiary/aromatic N) is 3. The quantitative estimate of drug-likeness (QED) is 0.869. The molecule has 2 rings (SSSR count). The molecule has 1 atom stereocenters. The number of piperidine rings is 1. The minimum Gasteiger partial charge on any atom is -0.368 e. The molecule has 20 heavy (non-hydrogen) atoms. The number of anilines is 1. The molecule has 0 radical (unpaired) electrons. The molecule has 1 aromatic rings. The van der Waals surface area contributed by atoms with E-state index in [0.717, 1.165) is 18.2 Å². The van der Waals surface area contributed by atoms with Crippen molar-refractivity contribution < 1.29 is 0 Å². The lowest BCUT2D eigenvalue weighted by Gasteiger charge is -2.32. The Morgan fingerprint density at radius 3 is 2.75 bits per heavy atom. The monoisotopic (exact) mass is 296 g/mol. The van der Waals surface area contributed by atoms with E-state index >= 15 is 0 Å². The van der Waals surface area contributed by atoms with Gasteiger partial charge in [-0.25, -0.2) is 9.97 Å². The molecule has 1 aliphatic rings. The Labute approximate surface area is 126 Å². The summed E-state index contributed by atoms with van der Waals surface area (Å²) in [4.78, 5) is 11.3. The second kappa shape index (κ2) is 6.27. The van der Waals surface area contributed by atoms with E-state index in [4.69, 9.17) is 11.6 Å². The minimum atomic E-state index is -0.0943. The van der Waals surface area contributed by atoms with Gasteiger partial charge in [0.25, 0.3) is 0 Å². The van der Waals surface area contributed by atoms with Crippen molar-refractivity contribution in [2.24, 2.45) is 0 Å². The standard InChI is InChI=1S/C15H25ClN4/c1-15(2,3)14-18-12(16)9-13(19-14)17-10-11-7-5-6-8-20(11)4/h9,11H,5-8,10H2,1-4H3,(H,17,18,19). The van der Waals surface area contributed by atoms with E-state index < -0.39 is 0 Å². The van der Waals surface area contributed by atoms with Crippen molar-refractivity contribution in [3.05, 3.63) is 17.0 Å². The van der Waals surface area contributed by atoms with Gasteiger partial charge in [-0.15, -0.1) is 0 Å². The number of rotatable bonds is 3. The highest BCUT2D eigenvalue weighted by Gasteiger charge is 2.21. The smallest absolute Gasteiger partial charge is 0.137 e. The van der Waals surface area contributed by atoms with E-state index in [2.05, 4.69) is 48.0 Å². The molecule has 1 aliphatic heterocycles. The highest BCUT2D eigenvalue weighted by Crippen LogP contribution is 2.22. The third-order valence-corrected chi connectivity index (χ3v) is 4.00. The number of likely N-dealkylation sites (tertiary alicyclic amines) is 1. The normalized spacial score (nSPS) is 20.9. The zero-order valence-electron chi connectivity index (χ0n) is 12.9. The highest BCUT2D eigenvalue weighted by atomic mass is 35.5. The Hall–Kier alpha value is -0.870. The van der Waals surface area contributed by atoms with Crippen LogP contribution in [0.15, 0.2) is 6.07 Å². The zero-order valence-corrected chi connectivity index (χ0v) is 13.7. The molecule has 1 unspecified atom stereocenters. The Morgan fingerprint density at radius 2 is 2.10 bits per heavy atom. The molecule has 112 valence electrons. The molecule has 1 N–H and O–H groups in total. The molecule has 0 amide bonds. The van der Waals surface area contributed by atoms with Crippen LogP contribution in [0.4, 0.5) is 5.82 Å². The van der Waals surface area contributed by atoms with Gasteiger partial charge in [-0.05, 0) is 26.4 Å². The van der Waals surface area contributed by atoms with Gasteiger partial charge in [0.2, 0.25) is 0 Å². The highest BCUT2D eigenvalue weighted by molar-refractivity contribution is 6.29. The molecule has 2 heterocycles. The molecular formula is C15H25ClN4. The molecule has 0 spiro atoms. The maximum atomic E-state index is 6.10.